The molecule has 3 aromatic rings. The van der Waals surface area contributed by atoms with Crippen LogP contribution in [0.2, 0.25) is 0 Å². The van der Waals surface area contributed by atoms with Crippen molar-refractivity contribution in [1.82, 2.24) is 4.98 Å². The topological polar surface area (TPSA) is 12.9 Å². The lowest BCUT2D eigenvalue weighted by Crippen LogP contribution is -1.88. The summed E-state index contributed by atoms with van der Waals surface area (Å²) >= 11 is 1.77. The molecule has 1 aromatic carbocycles. The molecule has 0 spiro atoms. The Morgan fingerprint density at radius 3 is 2.62 bits per heavy atom. The summed E-state index contributed by atoms with van der Waals surface area (Å²) in [7, 11) is 0. The van der Waals surface area contributed by atoms with E-state index in [2.05, 4.69) is 53.7 Å². The lowest BCUT2D eigenvalue weighted by Gasteiger charge is -2.05. The van der Waals surface area contributed by atoms with E-state index in [0.29, 0.717) is 0 Å². The highest BCUT2D eigenvalue weighted by atomic mass is 32.1. The number of aromatic nitrogens is 1. The number of benzene rings is 1. The van der Waals surface area contributed by atoms with E-state index in [9.17, 15) is 0 Å². The number of rotatable bonds is 6. The van der Waals surface area contributed by atoms with E-state index in [-0.39, 0.29) is 0 Å². The molecule has 0 saturated carbocycles. The van der Waals surface area contributed by atoms with Gasteiger partial charge in [0.2, 0.25) is 0 Å². The fourth-order valence-electron chi connectivity index (χ4n) is 2.71. The maximum atomic E-state index is 4.57. The minimum atomic E-state index is 1.10. The Hall–Kier alpha value is -1.67. The first-order valence-corrected chi connectivity index (χ1v) is 8.68. The largest absolute Gasteiger partial charge is 0.256 e. The van der Waals surface area contributed by atoms with Gasteiger partial charge in [0.15, 0.2) is 0 Å². The van der Waals surface area contributed by atoms with Crippen LogP contribution in [-0.2, 0) is 6.42 Å². The van der Waals surface area contributed by atoms with Crippen LogP contribution in [0.15, 0.2) is 48.0 Å². The maximum absolute atomic E-state index is 4.57. The Balaban J connectivity index is 1.76. The number of aryl methyl sites for hydroxylation is 1. The first-order valence-electron chi connectivity index (χ1n) is 7.80. The van der Waals surface area contributed by atoms with Gasteiger partial charge in [0, 0.05) is 21.8 Å². The third-order valence-corrected chi connectivity index (χ3v) is 4.81. The summed E-state index contributed by atoms with van der Waals surface area (Å²) in [4.78, 5) is 4.57. The van der Waals surface area contributed by atoms with Crippen LogP contribution in [0.1, 0.15) is 38.2 Å². The molecule has 0 bridgehead atoms. The molecule has 0 amide bonds. The lowest BCUT2D eigenvalue weighted by molar-refractivity contribution is 0.667. The molecule has 108 valence electrons. The third-order valence-electron chi connectivity index (χ3n) is 3.93. The SMILES string of the molecule is CCCCCCc1ccc(-c2nccc3sccc23)cc1. The van der Waals surface area contributed by atoms with Crippen molar-refractivity contribution in [2.75, 3.05) is 0 Å². The van der Waals surface area contributed by atoms with Gasteiger partial charge in [0.1, 0.15) is 0 Å². The van der Waals surface area contributed by atoms with E-state index in [1.54, 1.807) is 11.3 Å². The number of fused-ring (bicyclic) bond motifs is 1. The molecule has 2 heteroatoms. The second kappa shape index (κ2) is 6.86. The van der Waals surface area contributed by atoms with Crippen molar-refractivity contribution in [1.29, 1.82) is 0 Å². The Morgan fingerprint density at radius 1 is 0.952 bits per heavy atom. The van der Waals surface area contributed by atoms with Crippen molar-refractivity contribution in [3.63, 3.8) is 0 Å². The molecule has 0 saturated heterocycles. The zero-order chi connectivity index (χ0) is 14.5. The zero-order valence-corrected chi connectivity index (χ0v) is 13.3. The number of hydrogen-bond donors (Lipinski definition) is 0. The van der Waals surface area contributed by atoms with E-state index >= 15 is 0 Å². The smallest absolute Gasteiger partial charge is 0.0788 e. The lowest BCUT2D eigenvalue weighted by atomic mass is 10.0. The number of pyridine rings is 1. The Kier molecular flexibility index (Phi) is 4.66. The normalized spacial score (nSPS) is 11.1. The molecule has 21 heavy (non-hydrogen) atoms. The van der Waals surface area contributed by atoms with Crippen molar-refractivity contribution < 1.29 is 0 Å². The van der Waals surface area contributed by atoms with Crippen molar-refractivity contribution in [2.45, 2.75) is 39.0 Å². The van der Waals surface area contributed by atoms with E-state index in [1.165, 1.54) is 53.3 Å². The molecule has 0 radical (unpaired) electrons. The van der Waals surface area contributed by atoms with Gasteiger partial charge in [-0.3, -0.25) is 4.98 Å². The standard InChI is InChI=1S/C19H21NS/c1-2-3-4-5-6-15-7-9-16(10-8-15)19-17-12-14-21-18(17)11-13-20-19/h7-14H,2-6H2,1H3. The van der Waals surface area contributed by atoms with Gasteiger partial charge >= 0.3 is 0 Å². The van der Waals surface area contributed by atoms with Crippen LogP contribution in [0.4, 0.5) is 0 Å². The van der Waals surface area contributed by atoms with Crippen molar-refractivity contribution in [3.8, 4) is 11.3 Å². The molecule has 0 fully saturated rings. The van der Waals surface area contributed by atoms with Gasteiger partial charge in [-0.1, -0.05) is 50.5 Å². The second-order valence-electron chi connectivity index (χ2n) is 5.50. The third kappa shape index (κ3) is 3.33. The summed E-state index contributed by atoms with van der Waals surface area (Å²) in [6.45, 7) is 2.26. The molecule has 0 unspecified atom stereocenters. The van der Waals surface area contributed by atoms with Crippen LogP contribution < -0.4 is 0 Å². The molecular formula is C19H21NS. The average Bonchev–Trinajstić information content (AvgIpc) is 3.01. The van der Waals surface area contributed by atoms with Gasteiger partial charge in [0.05, 0.1) is 5.69 Å². The van der Waals surface area contributed by atoms with Gasteiger partial charge in [-0.05, 0) is 35.9 Å². The Bertz CT molecular complexity index is 697. The van der Waals surface area contributed by atoms with Crippen molar-refractivity contribution in [2.24, 2.45) is 0 Å². The number of hydrogen-bond acceptors (Lipinski definition) is 2. The first kappa shape index (κ1) is 14.3. The van der Waals surface area contributed by atoms with Crippen LogP contribution in [0.5, 0.6) is 0 Å². The Morgan fingerprint density at radius 2 is 1.81 bits per heavy atom. The molecule has 2 aromatic heterocycles. The van der Waals surface area contributed by atoms with Crippen LogP contribution in [0, 0.1) is 0 Å². The molecule has 0 aliphatic heterocycles. The van der Waals surface area contributed by atoms with E-state index in [0.717, 1.165) is 5.69 Å². The molecule has 0 atom stereocenters. The summed E-state index contributed by atoms with van der Waals surface area (Å²) in [5.41, 5.74) is 3.76. The monoisotopic (exact) mass is 295 g/mol. The van der Waals surface area contributed by atoms with E-state index in [1.807, 2.05) is 6.20 Å². The average molecular weight is 295 g/mol. The quantitative estimate of drug-likeness (QED) is 0.502. The van der Waals surface area contributed by atoms with Crippen LogP contribution in [0.25, 0.3) is 21.3 Å². The molecule has 2 heterocycles. The maximum Gasteiger partial charge on any atom is 0.0788 e. The van der Waals surface area contributed by atoms with Gasteiger partial charge in [-0.2, -0.15) is 0 Å². The predicted molar refractivity (Wildman–Crippen MR) is 92.9 cm³/mol. The van der Waals surface area contributed by atoms with Gasteiger partial charge in [-0.25, -0.2) is 0 Å². The number of nitrogens with zero attached hydrogens (tertiary/aromatic N) is 1. The first-order chi connectivity index (χ1) is 10.4. The van der Waals surface area contributed by atoms with Crippen molar-refractivity contribution in [3.05, 3.63) is 53.5 Å². The van der Waals surface area contributed by atoms with Crippen LogP contribution >= 0.6 is 11.3 Å². The molecule has 0 N–H and O–H groups in total. The summed E-state index contributed by atoms with van der Waals surface area (Å²) in [6.07, 6.45) is 8.39. The molecule has 1 nitrogen and oxygen atoms in total. The van der Waals surface area contributed by atoms with E-state index < -0.39 is 0 Å². The molecule has 0 aliphatic rings. The second-order valence-corrected chi connectivity index (χ2v) is 6.45. The fraction of sp³-hybridized carbons (Fsp3) is 0.316. The minimum absolute atomic E-state index is 1.10. The van der Waals surface area contributed by atoms with E-state index in [4.69, 9.17) is 0 Å². The summed E-state index contributed by atoms with van der Waals surface area (Å²) < 4.78 is 1.31. The van der Waals surface area contributed by atoms with Gasteiger partial charge < -0.3 is 0 Å². The Labute approximate surface area is 130 Å². The fourth-order valence-corrected chi connectivity index (χ4v) is 3.49. The number of thiophene rings is 1. The molecule has 0 aliphatic carbocycles. The molecular weight excluding hydrogens is 274 g/mol. The van der Waals surface area contributed by atoms with Crippen molar-refractivity contribution >= 4 is 21.4 Å². The summed E-state index contributed by atoms with van der Waals surface area (Å²) in [5.74, 6) is 0. The number of unbranched alkanes of at least 4 members (excludes halogenated alkanes) is 3. The minimum Gasteiger partial charge on any atom is -0.256 e. The van der Waals surface area contributed by atoms with Gasteiger partial charge in [0.25, 0.3) is 0 Å². The highest BCUT2D eigenvalue weighted by molar-refractivity contribution is 7.17. The van der Waals surface area contributed by atoms with Crippen LogP contribution in [-0.4, -0.2) is 4.98 Å². The summed E-state index contributed by atoms with van der Waals surface area (Å²) in [6, 6.07) is 13.2. The highest BCUT2D eigenvalue weighted by Gasteiger charge is 2.06. The highest BCUT2D eigenvalue weighted by Crippen LogP contribution is 2.29. The van der Waals surface area contributed by atoms with Gasteiger partial charge in [-0.15, -0.1) is 11.3 Å². The molecule has 3 rings (SSSR count). The zero-order valence-electron chi connectivity index (χ0n) is 12.5. The van der Waals surface area contributed by atoms with Crippen LogP contribution in [0.3, 0.4) is 0 Å². The predicted octanol–water partition coefficient (Wildman–Crippen LogP) is 6.09. The summed E-state index contributed by atoms with van der Waals surface area (Å²) in [5, 5.41) is 3.40.